The van der Waals surface area contributed by atoms with Crippen LogP contribution in [-0.2, 0) is 21.2 Å². The summed E-state index contributed by atoms with van der Waals surface area (Å²) in [5.74, 6) is -0.223. The lowest BCUT2D eigenvalue weighted by Gasteiger charge is -2.10. The molecule has 0 aliphatic heterocycles. The number of hydrogen-bond acceptors (Lipinski definition) is 6. The van der Waals surface area contributed by atoms with Crippen molar-refractivity contribution in [1.82, 2.24) is 14.7 Å². The number of rotatable bonds is 7. The van der Waals surface area contributed by atoms with Crippen molar-refractivity contribution < 1.29 is 13.2 Å². The lowest BCUT2D eigenvalue weighted by atomic mass is 10.2. The zero-order chi connectivity index (χ0) is 20.1. The van der Waals surface area contributed by atoms with Gasteiger partial charge in [-0.15, -0.1) is 11.3 Å². The fourth-order valence-corrected chi connectivity index (χ4v) is 4.54. The lowest BCUT2D eigenvalue weighted by Crippen LogP contribution is -2.30. The van der Waals surface area contributed by atoms with Crippen LogP contribution in [-0.4, -0.2) is 30.3 Å². The number of carbonyl (C=O) groups excluding carboxylic acids is 1. The molecule has 28 heavy (non-hydrogen) atoms. The number of pyridine rings is 1. The molecule has 3 rings (SSSR count). The Morgan fingerprint density at radius 2 is 1.93 bits per heavy atom. The van der Waals surface area contributed by atoms with Crippen LogP contribution in [0.3, 0.4) is 0 Å². The van der Waals surface area contributed by atoms with Crippen LogP contribution in [0.15, 0.2) is 59.1 Å². The van der Waals surface area contributed by atoms with Gasteiger partial charge >= 0.3 is 0 Å². The van der Waals surface area contributed by atoms with Gasteiger partial charge in [0.15, 0.2) is 0 Å². The summed E-state index contributed by atoms with van der Waals surface area (Å²) in [6.45, 7) is 3.51. The number of sulfonamides is 1. The van der Waals surface area contributed by atoms with E-state index in [1.54, 1.807) is 38.4 Å². The predicted molar refractivity (Wildman–Crippen MR) is 110 cm³/mol. The molecule has 2 heterocycles. The van der Waals surface area contributed by atoms with Gasteiger partial charge in [-0.1, -0.05) is 0 Å². The molecule has 0 unspecified atom stereocenters. The van der Waals surface area contributed by atoms with Crippen molar-refractivity contribution in [3.05, 3.63) is 59.9 Å². The van der Waals surface area contributed by atoms with E-state index in [1.165, 1.54) is 23.5 Å². The van der Waals surface area contributed by atoms with Crippen molar-refractivity contribution in [3.63, 3.8) is 0 Å². The third kappa shape index (κ3) is 5.22. The van der Waals surface area contributed by atoms with E-state index in [-0.39, 0.29) is 23.3 Å². The highest BCUT2D eigenvalue weighted by Crippen LogP contribution is 2.23. The molecular formula is C19H20N4O3S2. The maximum Gasteiger partial charge on any atom is 0.240 e. The first kappa shape index (κ1) is 20.1. The average molecular weight is 417 g/mol. The topological polar surface area (TPSA) is 101 Å². The molecule has 0 aliphatic carbocycles. The van der Waals surface area contributed by atoms with Gasteiger partial charge in [-0.05, 0) is 50.2 Å². The number of benzene rings is 1. The van der Waals surface area contributed by atoms with Crippen LogP contribution in [0.5, 0.6) is 0 Å². The van der Waals surface area contributed by atoms with E-state index in [0.717, 1.165) is 10.6 Å². The number of hydrogen-bond donors (Lipinski definition) is 2. The van der Waals surface area contributed by atoms with Gasteiger partial charge in [-0.2, -0.15) is 0 Å². The van der Waals surface area contributed by atoms with Gasteiger partial charge in [0.25, 0.3) is 0 Å². The van der Waals surface area contributed by atoms with Crippen LogP contribution in [0, 0.1) is 0 Å². The summed E-state index contributed by atoms with van der Waals surface area (Å²) in [4.78, 5) is 21.0. The van der Waals surface area contributed by atoms with E-state index >= 15 is 0 Å². The number of thiazole rings is 1. The van der Waals surface area contributed by atoms with Crippen LogP contribution in [0.2, 0.25) is 0 Å². The van der Waals surface area contributed by atoms with Crippen molar-refractivity contribution in [3.8, 4) is 10.6 Å². The monoisotopic (exact) mass is 416 g/mol. The molecule has 0 spiro atoms. The molecule has 0 radical (unpaired) electrons. The van der Waals surface area contributed by atoms with Crippen LogP contribution < -0.4 is 10.0 Å². The molecule has 0 bridgehead atoms. The van der Waals surface area contributed by atoms with Crippen molar-refractivity contribution in [1.29, 1.82) is 0 Å². The van der Waals surface area contributed by atoms with Crippen LogP contribution in [0.1, 0.15) is 19.5 Å². The minimum atomic E-state index is -3.55. The fraction of sp³-hybridized carbons (Fsp3) is 0.211. The van der Waals surface area contributed by atoms with Gasteiger partial charge in [-0.25, -0.2) is 18.1 Å². The summed E-state index contributed by atoms with van der Waals surface area (Å²) in [5.41, 5.74) is 2.10. The van der Waals surface area contributed by atoms with E-state index < -0.39 is 10.0 Å². The summed E-state index contributed by atoms with van der Waals surface area (Å²) in [6.07, 6.45) is 3.55. The summed E-state index contributed by atoms with van der Waals surface area (Å²) in [7, 11) is -3.55. The zero-order valence-corrected chi connectivity index (χ0v) is 17.0. The first-order chi connectivity index (χ1) is 13.3. The summed E-state index contributed by atoms with van der Waals surface area (Å²) >= 11 is 1.46. The van der Waals surface area contributed by atoms with Crippen molar-refractivity contribution in [2.75, 3.05) is 5.32 Å². The highest BCUT2D eigenvalue weighted by atomic mass is 32.2. The molecule has 0 atom stereocenters. The highest BCUT2D eigenvalue weighted by Gasteiger charge is 2.15. The van der Waals surface area contributed by atoms with Gasteiger partial charge in [0.05, 0.1) is 17.0 Å². The van der Waals surface area contributed by atoms with Crippen molar-refractivity contribution in [2.45, 2.75) is 31.2 Å². The Bertz CT molecular complexity index is 1050. The Hall–Kier alpha value is -2.62. The molecule has 0 saturated heterocycles. The Morgan fingerprint density at radius 1 is 1.18 bits per heavy atom. The van der Waals surface area contributed by atoms with Gasteiger partial charge in [0.2, 0.25) is 15.9 Å². The average Bonchev–Trinajstić information content (AvgIpc) is 3.10. The molecule has 2 aromatic heterocycles. The van der Waals surface area contributed by atoms with Gasteiger partial charge < -0.3 is 5.32 Å². The summed E-state index contributed by atoms with van der Waals surface area (Å²) in [6, 6.07) is 9.61. The SMILES string of the molecule is CC(C)NS(=O)(=O)c1ccc(NC(=O)Cc2csc(-c3cccnc3)n2)cc1. The second-order valence-electron chi connectivity index (χ2n) is 6.41. The van der Waals surface area contributed by atoms with Crippen LogP contribution in [0.25, 0.3) is 10.6 Å². The molecular weight excluding hydrogens is 396 g/mol. The lowest BCUT2D eigenvalue weighted by molar-refractivity contribution is -0.115. The number of anilines is 1. The Kier molecular flexibility index (Phi) is 6.18. The van der Waals surface area contributed by atoms with Crippen LogP contribution >= 0.6 is 11.3 Å². The molecule has 9 heteroatoms. The summed E-state index contributed by atoms with van der Waals surface area (Å²) in [5, 5.41) is 5.41. The standard InChI is InChI=1S/C19H20N4O3S2/c1-13(2)23-28(25,26)17-7-5-15(6-8-17)21-18(24)10-16-12-27-19(22-16)14-4-3-9-20-11-14/h3-9,11-13,23H,10H2,1-2H3,(H,21,24). The van der Waals surface area contributed by atoms with Gasteiger partial charge in [-0.3, -0.25) is 9.78 Å². The Morgan fingerprint density at radius 3 is 2.57 bits per heavy atom. The minimum Gasteiger partial charge on any atom is -0.326 e. The number of nitrogens with zero attached hydrogens (tertiary/aromatic N) is 2. The third-order valence-corrected chi connectivity index (χ3v) is 6.26. The Balaban J connectivity index is 1.62. The zero-order valence-electron chi connectivity index (χ0n) is 15.4. The minimum absolute atomic E-state index is 0.131. The highest BCUT2D eigenvalue weighted by molar-refractivity contribution is 7.89. The van der Waals surface area contributed by atoms with E-state index in [2.05, 4.69) is 20.0 Å². The number of carbonyl (C=O) groups is 1. The van der Waals surface area contributed by atoms with Crippen molar-refractivity contribution in [2.24, 2.45) is 0 Å². The number of aromatic nitrogens is 2. The quantitative estimate of drug-likeness (QED) is 0.616. The van der Waals surface area contributed by atoms with Crippen molar-refractivity contribution >= 4 is 33.0 Å². The second kappa shape index (κ2) is 8.59. The van der Waals surface area contributed by atoms with Crippen LogP contribution in [0.4, 0.5) is 5.69 Å². The molecule has 0 fully saturated rings. The Labute approximate surface area is 167 Å². The molecule has 0 aliphatic rings. The van der Waals surface area contributed by atoms with E-state index in [4.69, 9.17) is 0 Å². The number of amides is 1. The third-order valence-electron chi connectivity index (χ3n) is 3.64. The van der Waals surface area contributed by atoms with Gasteiger partial charge in [0, 0.05) is 35.1 Å². The molecule has 7 nitrogen and oxygen atoms in total. The van der Waals surface area contributed by atoms with E-state index in [0.29, 0.717) is 11.4 Å². The molecule has 146 valence electrons. The first-order valence-corrected chi connectivity index (χ1v) is 11.0. The molecule has 1 aromatic carbocycles. The fourth-order valence-electron chi connectivity index (χ4n) is 2.48. The first-order valence-electron chi connectivity index (χ1n) is 8.60. The summed E-state index contributed by atoms with van der Waals surface area (Å²) < 4.78 is 26.8. The molecule has 0 saturated carbocycles. The predicted octanol–water partition coefficient (Wildman–Crippen LogP) is 3.07. The smallest absolute Gasteiger partial charge is 0.240 e. The second-order valence-corrected chi connectivity index (χ2v) is 8.98. The van der Waals surface area contributed by atoms with Gasteiger partial charge in [0.1, 0.15) is 5.01 Å². The molecule has 3 aromatic rings. The molecule has 2 N–H and O–H groups in total. The maximum absolute atomic E-state index is 12.3. The number of nitrogens with one attached hydrogen (secondary N) is 2. The largest absolute Gasteiger partial charge is 0.326 e. The van der Waals surface area contributed by atoms with E-state index in [9.17, 15) is 13.2 Å². The molecule has 1 amide bonds. The maximum atomic E-state index is 12.3. The van der Waals surface area contributed by atoms with E-state index in [1.807, 2.05) is 17.5 Å². The normalized spacial score (nSPS) is 11.5.